The third-order valence-electron chi connectivity index (χ3n) is 4.72. The summed E-state index contributed by atoms with van der Waals surface area (Å²) < 4.78 is 0. The van der Waals surface area contributed by atoms with E-state index in [1.807, 2.05) is 57.4 Å². The van der Waals surface area contributed by atoms with Crippen LogP contribution in [0.5, 0.6) is 0 Å². The first-order valence-corrected chi connectivity index (χ1v) is 9.93. The predicted molar refractivity (Wildman–Crippen MR) is 118 cm³/mol. The molecule has 0 aliphatic heterocycles. The number of fused-ring (bicyclic) bond motifs is 1. The van der Waals surface area contributed by atoms with Gasteiger partial charge in [-0.25, -0.2) is 4.79 Å². The molecule has 6 nitrogen and oxygen atoms in total. The minimum Gasteiger partial charge on any atom is -0.338 e. The summed E-state index contributed by atoms with van der Waals surface area (Å²) in [5, 5.41) is 4.27. The molecule has 2 amide bonds. The lowest BCUT2D eigenvalue weighted by molar-refractivity contribution is -0.857. The minimum absolute atomic E-state index is 0.186. The Labute approximate surface area is 175 Å². The number of likely N-dealkylation sites (N-methyl/N-ethyl adjacent to an activating group) is 1. The number of aromatic amines is 1. The van der Waals surface area contributed by atoms with Gasteiger partial charge in [-0.15, -0.1) is 0 Å². The number of quaternary nitrogens is 1. The van der Waals surface area contributed by atoms with E-state index in [4.69, 9.17) is 11.6 Å². The van der Waals surface area contributed by atoms with Crippen molar-refractivity contribution in [1.82, 2.24) is 9.88 Å². The van der Waals surface area contributed by atoms with E-state index in [9.17, 15) is 9.59 Å². The SMILES string of the molecule is Cc1ccc2[nH]c(=O)c(CN(CC[NH+](C)C)C(=O)Nc3ccccc3Cl)cc2c1. The topological polar surface area (TPSA) is 69.6 Å². The molecule has 3 N–H and O–H groups in total. The number of pyridine rings is 1. The zero-order chi connectivity index (χ0) is 21.0. The van der Waals surface area contributed by atoms with Crippen molar-refractivity contribution in [2.45, 2.75) is 13.5 Å². The number of H-pyrrole nitrogens is 1. The number of carbonyl (C=O) groups is 1. The highest BCUT2D eigenvalue weighted by Crippen LogP contribution is 2.21. The largest absolute Gasteiger partial charge is 0.338 e. The van der Waals surface area contributed by atoms with Gasteiger partial charge in [0.2, 0.25) is 0 Å². The number of rotatable bonds is 6. The van der Waals surface area contributed by atoms with Gasteiger partial charge in [0.15, 0.2) is 0 Å². The summed E-state index contributed by atoms with van der Waals surface area (Å²) in [6.45, 7) is 3.47. The van der Waals surface area contributed by atoms with Gasteiger partial charge in [0.1, 0.15) is 0 Å². The zero-order valence-corrected chi connectivity index (χ0v) is 17.6. The number of para-hydroxylation sites is 1. The number of hydrogen-bond acceptors (Lipinski definition) is 2. The number of aryl methyl sites for hydroxylation is 1. The van der Waals surface area contributed by atoms with Crippen molar-refractivity contribution in [3.63, 3.8) is 0 Å². The molecule has 29 heavy (non-hydrogen) atoms. The standard InChI is InChI=1S/C22H25ClN4O2/c1-15-8-9-19-16(12-15)13-17(21(28)24-19)14-27(11-10-26(2)3)22(29)25-20-7-5-4-6-18(20)23/h4-9,12-13H,10-11,14H2,1-3H3,(H,24,28)(H,25,29)/p+1. The normalized spacial score (nSPS) is 11.1. The molecule has 0 bridgehead atoms. The van der Waals surface area contributed by atoms with Gasteiger partial charge >= 0.3 is 6.03 Å². The Balaban J connectivity index is 1.87. The Morgan fingerprint density at radius 2 is 1.93 bits per heavy atom. The summed E-state index contributed by atoms with van der Waals surface area (Å²) >= 11 is 6.17. The molecule has 0 fully saturated rings. The van der Waals surface area contributed by atoms with Gasteiger partial charge < -0.3 is 20.1 Å². The van der Waals surface area contributed by atoms with Crippen LogP contribution >= 0.6 is 11.6 Å². The van der Waals surface area contributed by atoms with Crippen LogP contribution < -0.4 is 15.8 Å². The molecule has 0 atom stereocenters. The van der Waals surface area contributed by atoms with Gasteiger partial charge in [-0.3, -0.25) is 4.79 Å². The van der Waals surface area contributed by atoms with Crippen molar-refractivity contribution in [2.75, 3.05) is 32.5 Å². The van der Waals surface area contributed by atoms with Gasteiger partial charge in [-0.1, -0.05) is 35.4 Å². The fraction of sp³-hybridized carbons (Fsp3) is 0.273. The summed E-state index contributed by atoms with van der Waals surface area (Å²) in [5.74, 6) is 0. The molecule has 7 heteroatoms. The van der Waals surface area contributed by atoms with Crippen molar-refractivity contribution in [3.05, 3.63) is 75.0 Å². The molecule has 1 aromatic heterocycles. The van der Waals surface area contributed by atoms with Crippen LogP contribution in [0.3, 0.4) is 0 Å². The lowest BCUT2D eigenvalue weighted by Crippen LogP contribution is -3.06. The fourth-order valence-electron chi connectivity index (χ4n) is 3.06. The third kappa shape index (κ3) is 5.37. The van der Waals surface area contributed by atoms with E-state index >= 15 is 0 Å². The van der Waals surface area contributed by atoms with Crippen LogP contribution in [0.2, 0.25) is 5.02 Å². The molecule has 0 unspecified atom stereocenters. The number of anilines is 1. The lowest BCUT2D eigenvalue weighted by Gasteiger charge is -2.24. The molecule has 0 spiro atoms. The molecule has 0 saturated heterocycles. The van der Waals surface area contributed by atoms with Gasteiger partial charge in [0, 0.05) is 11.1 Å². The second kappa shape index (κ2) is 9.11. The Hall–Kier alpha value is -2.83. The first-order valence-electron chi connectivity index (χ1n) is 9.55. The number of carbonyl (C=O) groups excluding carboxylic acids is 1. The first-order chi connectivity index (χ1) is 13.8. The number of urea groups is 1. The van der Waals surface area contributed by atoms with Crippen LogP contribution in [0.1, 0.15) is 11.1 Å². The van der Waals surface area contributed by atoms with E-state index in [-0.39, 0.29) is 18.1 Å². The summed E-state index contributed by atoms with van der Waals surface area (Å²) in [4.78, 5) is 31.3. The summed E-state index contributed by atoms with van der Waals surface area (Å²) in [6.07, 6.45) is 0. The fourth-order valence-corrected chi connectivity index (χ4v) is 3.25. The van der Waals surface area contributed by atoms with Gasteiger partial charge in [0.05, 0.1) is 44.4 Å². The lowest BCUT2D eigenvalue weighted by atomic mass is 10.1. The van der Waals surface area contributed by atoms with Crippen molar-refractivity contribution >= 4 is 34.2 Å². The van der Waals surface area contributed by atoms with Gasteiger partial charge in [-0.05, 0) is 42.6 Å². The van der Waals surface area contributed by atoms with Gasteiger partial charge in [0.25, 0.3) is 5.56 Å². The first kappa shape index (κ1) is 20.9. The van der Waals surface area contributed by atoms with Gasteiger partial charge in [-0.2, -0.15) is 0 Å². The van der Waals surface area contributed by atoms with E-state index in [0.29, 0.717) is 22.8 Å². The second-order valence-corrected chi connectivity index (χ2v) is 7.91. The smallest absolute Gasteiger partial charge is 0.322 e. The van der Waals surface area contributed by atoms with E-state index in [0.717, 1.165) is 23.0 Å². The third-order valence-corrected chi connectivity index (χ3v) is 5.05. The Bertz CT molecular complexity index is 1080. The van der Waals surface area contributed by atoms with E-state index < -0.39 is 0 Å². The monoisotopic (exact) mass is 413 g/mol. The Morgan fingerprint density at radius 3 is 2.66 bits per heavy atom. The van der Waals surface area contributed by atoms with Crippen LogP contribution in [0, 0.1) is 6.92 Å². The number of aromatic nitrogens is 1. The number of benzene rings is 2. The maximum Gasteiger partial charge on any atom is 0.322 e. The molecular weight excluding hydrogens is 388 g/mol. The van der Waals surface area contributed by atoms with Crippen molar-refractivity contribution in [3.8, 4) is 0 Å². The number of hydrogen-bond donors (Lipinski definition) is 3. The molecule has 3 rings (SSSR count). The molecule has 0 aliphatic rings. The average Bonchev–Trinajstić information content (AvgIpc) is 2.67. The summed E-state index contributed by atoms with van der Waals surface area (Å²) in [6, 6.07) is 14.5. The zero-order valence-electron chi connectivity index (χ0n) is 16.9. The number of halogens is 1. The quantitative estimate of drug-likeness (QED) is 0.581. The molecule has 3 aromatic rings. The Morgan fingerprint density at radius 1 is 1.17 bits per heavy atom. The predicted octanol–water partition coefficient (Wildman–Crippen LogP) is 2.67. The second-order valence-electron chi connectivity index (χ2n) is 7.50. The molecule has 2 aromatic carbocycles. The maximum atomic E-state index is 12.9. The highest BCUT2D eigenvalue weighted by Gasteiger charge is 2.18. The molecule has 0 radical (unpaired) electrons. The molecule has 152 valence electrons. The summed E-state index contributed by atoms with van der Waals surface area (Å²) in [7, 11) is 4.05. The van der Waals surface area contributed by atoms with Crippen LogP contribution in [0.15, 0.2) is 53.3 Å². The van der Waals surface area contributed by atoms with Crippen LogP contribution in [-0.2, 0) is 6.54 Å². The Kier molecular flexibility index (Phi) is 6.56. The van der Waals surface area contributed by atoms with Crippen molar-refractivity contribution < 1.29 is 9.69 Å². The van der Waals surface area contributed by atoms with E-state index in [2.05, 4.69) is 10.3 Å². The van der Waals surface area contributed by atoms with E-state index in [1.54, 1.807) is 17.0 Å². The van der Waals surface area contributed by atoms with Crippen molar-refractivity contribution in [2.24, 2.45) is 0 Å². The minimum atomic E-state index is -0.289. The molecule has 1 heterocycles. The van der Waals surface area contributed by atoms with Crippen LogP contribution in [0.4, 0.5) is 10.5 Å². The highest BCUT2D eigenvalue weighted by molar-refractivity contribution is 6.33. The maximum absolute atomic E-state index is 12.9. The van der Waals surface area contributed by atoms with Crippen LogP contribution in [-0.4, -0.2) is 43.1 Å². The number of nitrogens with one attached hydrogen (secondary N) is 3. The van der Waals surface area contributed by atoms with E-state index in [1.165, 1.54) is 4.90 Å². The van der Waals surface area contributed by atoms with Crippen LogP contribution in [0.25, 0.3) is 10.9 Å². The highest BCUT2D eigenvalue weighted by atomic mass is 35.5. The number of amides is 2. The molecular formula is C22H26ClN4O2+. The molecule has 0 saturated carbocycles. The van der Waals surface area contributed by atoms with Crippen molar-refractivity contribution in [1.29, 1.82) is 0 Å². The summed E-state index contributed by atoms with van der Waals surface area (Å²) in [5.41, 5.74) is 2.80. The number of nitrogens with zero attached hydrogens (tertiary/aromatic N) is 1. The molecule has 0 aliphatic carbocycles. The average molecular weight is 414 g/mol.